The zero-order chi connectivity index (χ0) is 14.9. The summed E-state index contributed by atoms with van der Waals surface area (Å²) < 4.78 is 25.7. The lowest BCUT2D eigenvalue weighted by Crippen LogP contribution is -2.54. The first-order valence-electron chi connectivity index (χ1n) is 7.93. The Hall–Kier alpha value is -1.13. The van der Waals surface area contributed by atoms with E-state index in [2.05, 4.69) is 12.2 Å². The van der Waals surface area contributed by atoms with Crippen LogP contribution >= 0.6 is 0 Å². The first-order chi connectivity index (χ1) is 10.2. The third-order valence-corrected chi connectivity index (χ3v) is 4.85. The van der Waals surface area contributed by atoms with Crippen LogP contribution in [0.25, 0.3) is 0 Å². The molecule has 3 atom stereocenters. The van der Waals surface area contributed by atoms with Crippen LogP contribution in [0.3, 0.4) is 0 Å². The lowest BCUT2D eigenvalue weighted by Gasteiger charge is -2.48. The van der Waals surface area contributed by atoms with E-state index in [1.807, 2.05) is 0 Å². The molecule has 1 spiro atoms. The van der Waals surface area contributed by atoms with Crippen LogP contribution in [-0.2, 0) is 4.74 Å². The Balaban J connectivity index is 1.98. The number of nitrogens with one attached hydrogen (secondary N) is 1. The van der Waals surface area contributed by atoms with E-state index in [9.17, 15) is 4.39 Å². The van der Waals surface area contributed by atoms with Crippen LogP contribution in [0.4, 0.5) is 4.39 Å². The maximum atomic E-state index is 13.6. The molecule has 0 saturated heterocycles. The Morgan fingerprint density at radius 2 is 2.29 bits per heavy atom. The minimum absolute atomic E-state index is 0.116. The van der Waals surface area contributed by atoms with Gasteiger partial charge in [0.1, 0.15) is 17.2 Å². The highest BCUT2D eigenvalue weighted by atomic mass is 19.1. The molecular weight excluding hydrogens is 269 g/mol. The van der Waals surface area contributed by atoms with Crippen molar-refractivity contribution >= 4 is 0 Å². The van der Waals surface area contributed by atoms with Gasteiger partial charge >= 0.3 is 0 Å². The molecule has 0 aromatic heterocycles. The summed E-state index contributed by atoms with van der Waals surface area (Å²) in [4.78, 5) is 0. The Kier molecular flexibility index (Phi) is 4.18. The number of ether oxygens (including phenoxy) is 2. The second kappa shape index (κ2) is 5.93. The van der Waals surface area contributed by atoms with Crippen LogP contribution in [0.1, 0.15) is 50.6 Å². The lowest BCUT2D eigenvalue weighted by atomic mass is 9.75. The number of hydrogen-bond acceptors (Lipinski definition) is 3. The van der Waals surface area contributed by atoms with Crippen LogP contribution in [0.15, 0.2) is 18.2 Å². The monoisotopic (exact) mass is 293 g/mol. The number of benzene rings is 1. The predicted octanol–water partition coefficient (Wildman–Crippen LogP) is 3.59. The molecule has 2 aliphatic rings. The fraction of sp³-hybridized carbons (Fsp3) is 0.647. The first kappa shape index (κ1) is 14.8. The van der Waals surface area contributed by atoms with Gasteiger partial charge in [-0.2, -0.15) is 0 Å². The molecule has 1 aromatic carbocycles. The average Bonchev–Trinajstić information content (AvgIpc) is 2.49. The van der Waals surface area contributed by atoms with Crippen molar-refractivity contribution in [1.82, 2.24) is 5.32 Å². The van der Waals surface area contributed by atoms with Crippen LogP contribution in [0.2, 0.25) is 0 Å². The van der Waals surface area contributed by atoms with Gasteiger partial charge in [-0.05, 0) is 44.0 Å². The van der Waals surface area contributed by atoms with Gasteiger partial charge in [0.15, 0.2) is 0 Å². The van der Waals surface area contributed by atoms with Gasteiger partial charge in [0.2, 0.25) is 0 Å². The maximum absolute atomic E-state index is 13.6. The smallest absolute Gasteiger partial charge is 0.137 e. The van der Waals surface area contributed by atoms with E-state index in [4.69, 9.17) is 9.47 Å². The summed E-state index contributed by atoms with van der Waals surface area (Å²) in [7, 11) is 1.77. The van der Waals surface area contributed by atoms with E-state index in [1.165, 1.54) is 12.5 Å². The summed E-state index contributed by atoms with van der Waals surface area (Å²) in [5.41, 5.74) is 0.660. The quantitative estimate of drug-likeness (QED) is 0.924. The molecule has 0 bridgehead atoms. The molecule has 1 aromatic rings. The zero-order valence-corrected chi connectivity index (χ0v) is 12.8. The van der Waals surface area contributed by atoms with Crippen LogP contribution in [0.5, 0.6) is 5.75 Å². The van der Waals surface area contributed by atoms with Crippen molar-refractivity contribution < 1.29 is 13.9 Å². The third kappa shape index (κ3) is 2.67. The summed E-state index contributed by atoms with van der Waals surface area (Å²) in [5.74, 6) is 0.598. The van der Waals surface area contributed by atoms with E-state index in [1.54, 1.807) is 19.2 Å². The first-order valence-corrected chi connectivity index (χ1v) is 7.93. The van der Waals surface area contributed by atoms with Gasteiger partial charge < -0.3 is 14.8 Å². The second-order valence-corrected chi connectivity index (χ2v) is 6.13. The second-order valence-electron chi connectivity index (χ2n) is 6.13. The summed E-state index contributed by atoms with van der Waals surface area (Å²) in [6.45, 7) is 2.93. The maximum Gasteiger partial charge on any atom is 0.137 e. The van der Waals surface area contributed by atoms with Crippen molar-refractivity contribution in [3.05, 3.63) is 29.6 Å². The Morgan fingerprint density at radius 1 is 1.43 bits per heavy atom. The van der Waals surface area contributed by atoms with Crippen molar-refractivity contribution in [1.29, 1.82) is 0 Å². The van der Waals surface area contributed by atoms with Gasteiger partial charge in [-0.1, -0.05) is 13.3 Å². The molecule has 1 heterocycles. The fourth-order valence-corrected chi connectivity index (χ4v) is 3.89. The van der Waals surface area contributed by atoms with E-state index in [0.29, 0.717) is 0 Å². The van der Waals surface area contributed by atoms with Gasteiger partial charge in [-0.25, -0.2) is 4.39 Å². The summed E-state index contributed by atoms with van der Waals surface area (Å²) in [5, 5.41) is 3.48. The summed E-state index contributed by atoms with van der Waals surface area (Å²) >= 11 is 0. The molecule has 1 fully saturated rings. The molecule has 1 aliphatic carbocycles. The van der Waals surface area contributed by atoms with Gasteiger partial charge in [0, 0.05) is 25.1 Å². The predicted molar refractivity (Wildman–Crippen MR) is 80.1 cm³/mol. The Bertz CT molecular complexity index is 508. The summed E-state index contributed by atoms with van der Waals surface area (Å²) in [6.07, 6.45) is 5.35. The zero-order valence-electron chi connectivity index (χ0n) is 12.8. The van der Waals surface area contributed by atoms with Crippen molar-refractivity contribution in [3.63, 3.8) is 0 Å². The minimum Gasteiger partial charge on any atom is -0.484 e. The third-order valence-electron chi connectivity index (χ3n) is 4.85. The molecule has 1 aliphatic heterocycles. The van der Waals surface area contributed by atoms with Crippen molar-refractivity contribution in [2.45, 2.75) is 56.8 Å². The minimum atomic E-state index is -0.273. The SMILES string of the molecule is CCNC1CC2(CCCCC2OC)Oc2ccc(F)cc21. The molecule has 1 saturated carbocycles. The molecule has 0 amide bonds. The largest absolute Gasteiger partial charge is 0.484 e. The van der Waals surface area contributed by atoms with Gasteiger partial charge in [0.05, 0.1) is 6.10 Å². The highest BCUT2D eigenvalue weighted by Gasteiger charge is 2.48. The van der Waals surface area contributed by atoms with Gasteiger partial charge in [-0.15, -0.1) is 0 Å². The van der Waals surface area contributed by atoms with E-state index in [0.717, 1.165) is 43.5 Å². The molecule has 3 nitrogen and oxygen atoms in total. The molecule has 21 heavy (non-hydrogen) atoms. The topological polar surface area (TPSA) is 30.5 Å². The summed E-state index contributed by atoms with van der Waals surface area (Å²) in [6, 6.07) is 4.97. The molecule has 116 valence electrons. The number of fused-ring (bicyclic) bond motifs is 1. The Labute approximate surface area is 125 Å². The highest BCUT2D eigenvalue weighted by molar-refractivity contribution is 5.40. The number of hydrogen-bond donors (Lipinski definition) is 1. The number of halogens is 1. The molecule has 1 N–H and O–H groups in total. The molecular formula is C17H24FNO2. The van der Waals surface area contributed by atoms with Crippen LogP contribution in [-0.4, -0.2) is 25.4 Å². The molecule has 3 unspecified atom stereocenters. The van der Waals surface area contributed by atoms with Gasteiger partial charge in [-0.3, -0.25) is 0 Å². The van der Waals surface area contributed by atoms with Crippen LogP contribution < -0.4 is 10.1 Å². The van der Waals surface area contributed by atoms with Crippen molar-refractivity contribution in [2.24, 2.45) is 0 Å². The molecule has 3 rings (SSSR count). The highest BCUT2D eigenvalue weighted by Crippen LogP contribution is 2.47. The lowest BCUT2D eigenvalue weighted by molar-refractivity contribution is -0.116. The number of rotatable bonds is 3. The van der Waals surface area contributed by atoms with Crippen molar-refractivity contribution in [3.8, 4) is 5.75 Å². The number of methoxy groups -OCH3 is 1. The van der Waals surface area contributed by atoms with E-state index >= 15 is 0 Å². The van der Waals surface area contributed by atoms with Crippen molar-refractivity contribution in [2.75, 3.05) is 13.7 Å². The van der Waals surface area contributed by atoms with Crippen LogP contribution in [0, 0.1) is 5.82 Å². The van der Waals surface area contributed by atoms with Gasteiger partial charge in [0.25, 0.3) is 0 Å². The normalized spacial score (nSPS) is 31.8. The van der Waals surface area contributed by atoms with E-state index in [-0.39, 0.29) is 23.6 Å². The van der Waals surface area contributed by atoms with E-state index < -0.39 is 0 Å². The molecule has 0 radical (unpaired) electrons. The Morgan fingerprint density at radius 3 is 3.05 bits per heavy atom. The standard InChI is InChI=1S/C17H24FNO2/c1-3-19-14-11-17(9-5-4-6-16(17)20-2)21-15-8-7-12(18)10-13(14)15/h7-8,10,14,16,19H,3-6,9,11H2,1-2H3. The fourth-order valence-electron chi connectivity index (χ4n) is 3.89. The average molecular weight is 293 g/mol. The molecule has 4 heteroatoms.